The van der Waals surface area contributed by atoms with Crippen LogP contribution in [-0.2, 0) is 9.53 Å². The van der Waals surface area contributed by atoms with Gasteiger partial charge in [-0.05, 0) is 65.7 Å². The van der Waals surface area contributed by atoms with Crippen molar-refractivity contribution in [3.05, 3.63) is 41.1 Å². The first-order valence-electron chi connectivity index (χ1n) is 9.30. The van der Waals surface area contributed by atoms with Crippen LogP contribution >= 0.6 is 15.9 Å². The molecule has 0 radical (unpaired) electrons. The van der Waals surface area contributed by atoms with Crippen LogP contribution in [0.5, 0.6) is 0 Å². The highest BCUT2D eigenvalue weighted by atomic mass is 79.9. The van der Waals surface area contributed by atoms with Gasteiger partial charge in [-0.3, -0.25) is 9.78 Å². The summed E-state index contributed by atoms with van der Waals surface area (Å²) >= 11 is 3.49. The van der Waals surface area contributed by atoms with Gasteiger partial charge in [-0.25, -0.2) is 9.78 Å². The number of hydrogen-bond donors (Lipinski definition) is 2. The molecule has 0 aromatic carbocycles. The normalized spacial score (nSPS) is 18.9. The maximum absolute atomic E-state index is 12.4. The van der Waals surface area contributed by atoms with E-state index >= 15 is 0 Å². The molecule has 8 heteroatoms. The molecule has 2 N–H and O–H groups in total. The first-order chi connectivity index (χ1) is 13.5. The molecule has 2 aromatic rings. The largest absolute Gasteiger partial charge is 0.446 e. The maximum atomic E-state index is 12.4. The van der Waals surface area contributed by atoms with Crippen molar-refractivity contribution >= 4 is 33.7 Å². The summed E-state index contributed by atoms with van der Waals surface area (Å²) in [5, 5.41) is 5.35. The van der Waals surface area contributed by atoms with Crippen molar-refractivity contribution < 1.29 is 14.3 Å². The Morgan fingerprint density at radius 3 is 2.68 bits per heavy atom. The van der Waals surface area contributed by atoms with Crippen LogP contribution in [0.15, 0.2) is 41.1 Å². The molecule has 0 saturated heterocycles. The Kier molecular flexibility index (Phi) is 6.97. The topological polar surface area (TPSA) is 93.2 Å². The first kappa shape index (κ1) is 20.3. The molecule has 0 bridgehead atoms. The van der Waals surface area contributed by atoms with Crippen LogP contribution in [0.2, 0.25) is 0 Å². The van der Waals surface area contributed by atoms with E-state index in [0.29, 0.717) is 12.2 Å². The van der Waals surface area contributed by atoms with Crippen molar-refractivity contribution in [3.8, 4) is 11.3 Å². The van der Waals surface area contributed by atoms with Crippen LogP contribution in [0.25, 0.3) is 11.3 Å². The number of alkyl carbamates (subject to hydrolysis) is 1. The number of ether oxygens (including phenoxy) is 1. The summed E-state index contributed by atoms with van der Waals surface area (Å²) in [5.41, 5.74) is 1.68. The molecular weight excluding hydrogens is 424 g/mol. The standard InChI is InChI=1S/C20H23BrN4O3/c1-22-20(27)28-14-7-5-13(6-8-14)10-19(26)25-18-11-15(16(21)12-24-18)17-4-2-3-9-23-17/h2-4,9,11-14H,5-8,10H2,1H3,(H,22,27)(H,24,25,26). The molecule has 1 aliphatic carbocycles. The Hall–Kier alpha value is -2.48. The highest BCUT2D eigenvalue weighted by Gasteiger charge is 2.25. The number of amides is 2. The summed E-state index contributed by atoms with van der Waals surface area (Å²) in [6, 6.07) is 7.50. The first-order valence-corrected chi connectivity index (χ1v) is 10.1. The van der Waals surface area contributed by atoms with E-state index in [0.717, 1.165) is 41.4 Å². The Labute approximate surface area is 172 Å². The van der Waals surface area contributed by atoms with Crippen molar-refractivity contribution in [1.29, 1.82) is 0 Å². The number of nitrogens with zero attached hydrogens (tertiary/aromatic N) is 2. The molecule has 2 aromatic heterocycles. The van der Waals surface area contributed by atoms with Crippen LogP contribution < -0.4 is 10.6 Å². The van der Waals surface area contributed by atoms with Gasteiger partial charge < -0.3 is 15.4 Å². The fourth-order valence-electron chi connectivity index (χ4n) is 3.35. The van der Waals surface area contributed by atoms with Gasteiger partial charge in [-0.2, -0.15) is 0 Å². The minimum absolute atomic E-state index is 0.0579. The molecule has 0 unspecified atom stereocenters. The molecule has 0 atom stereocenters. The van der Waals surface area contributed by atoms with Gasteiger partial charge in [-0.15, -0.1) is 0 Å². The number of hydrogen-bond acceptors (Lipinski definition) is 5. The zero-order valence-electron chi connectivity index (χ0n) is 15.7. The zero-order valence-corrected chi connectivity index (χ0v) is 17.2. The minimum Gasteiger partial charge on any atom is -0.446 e. The van der Waals surface area contributed by atoms with Gasteiger partial charge in [0.05, 0.1) is 5.69 Å². The smallest absolute Gasteiger partial charge is 0.407 e. The molecular formula is C20H23BrN4O3. The van der Waals surface area contributed by atoms with Gasteiger partial charge in [0, 0.05) is 35.9 Å². The second kappa shape index (κ2) is 9.64. The van der Waals surface area contributed by atoms with Gasteiger partial charge in [0.25, 0.3) is 0 Å². The summed E-state index contributed by atoms with van der Waals surface area (Å²) in [4.78, 5) is 32.4. The number of carbonyl (C=O) groups is 2. The Morgan fingerprint density at radius 1 is 1.21 bits per heavy atom. The van der Waals surface area contributed by atoms with Gasteiger partial charge >= 0.3 is 6.09 Å². The van der Waals surface area contributed by atoms with Gasteiger partial charge in [0.15, 0.2) is 0 Å². The summed E-state index contributed by atoms with van der Waals surface area (Å²) in [5.74, 6) is 0.734. The van der Waals surface area contributed by atoms with Crippen molar-refractivity contribution in [3.63, 3.8) is 0 Å². The average molecular weight is 447 g/mol. The monoisotopic (exact) mass is 446 g/mol. The molecule has 1 fully saturated rings. The number of rotatable bonds is 5. The second-order valence-corrected chi connectivity index (χ2v) is 7.67. The third-order valence-electron chi connectivity index (χ3n) is 4.81. The highest BCUT2D eigenvalue weighted by molar-refractivity contribution is 9.10. The predicted molar refractivity (Wildman–Crippen MR) is 110 cm³/mol. The molecule has 2 heterocycles. The van der Waals surface area contributed by atoms with Crippen molar-refractivity contribution in [1.82, 2.24) is 15.3 Å². The van der Waals surface area contributed by atoms with E-state index in [1.165, 1.54) is 0 Å². The molecule has 1 aliphatic rings. The van der Waals surface area contributed by atoms with Crippen LogP contribution in [-0.4, -0.2) is 35.1 Å². The number of nitrogens with one attached hydrogen (secondary N) is 2. The number of carbonyl (C=O) groups excluding carboxylic acids is 2. The van der Waals surface area contributed by atoms with Gasteiger partial charge in [0.2, 0.25) is 5.91 Å². The van der Waals surface area contributed by atoms with Crippen LogP contribution in [0.4, 0.5) is 10.6 Å². The number of anilines is 1. The summed E-state index contributed by atoms with van der Waals surface area (Å²) in [6.07, 6.45) is 6.66. The number of aromatic nitrogens is 2. The third kappa shape index (κ3) is 5.51. The molecule has 0 aliphatic heterocycles. The van der Waals surface area contributed by atoms with E-state index in [1.54, 1.807) is 19.4 Å². The number of halogens is 1. The Bertz CT molecular complexity index is 823. The van der Waals surface area contributed by atoms with Crippen LogP contribution in [0.1, 0.15) is 32.1 Å². The molecule has 0 spiro atoms. The SMILES string of the molecule is CNC(=O)OC1CCC(CC(=O)Nc2cc(-c3ccccn3)c(Br)cn2)CC1. The Morgan fingerprint density at radius 2 is 2.00 bits per heavy atom. The lowest BCUT2D eigenvalue weighted by molar-refractivity contribution is -0.117. The lowest BCUT2D eigenvalue weighted by Gasteiger charge is -2.27. The Balaban J connectivity index is 1.54. The van der Waals surface area contributed by atoms with Gasteiger partial charge in [0.1, 0.15) is 11.9 Å². The lowest BCUT2D eigenvalue weighted by Crippen LogP contribution is -2.30. The quantitative estimate of drug-likeness (QED) is 0.719. The van der Waals surface area contributed by atoms with Crippen molar-refractivity contribution in [2.45, 2.75) is 38.2 Å². The minimum atomic E-state index is -0.397. The molecule has 28 heavy (non-hydrogen) atoms. The summed E-state index contributed by atoms with van der Waals surface area (Å²) in [6.45, 7) is 0. The predicted octanol–water partition coefficient (Wildman–Crippen LogP) is 4.15. The average Bonchev–Trinajstić information content (AvgIpc) is 2.71. The van der Waals surface area contributed by atoms with Crippen molar-refractivity contribution in [2.75, 3.05) is 12.4 Å². The molecule has 148 valence electrons. The fraction of sp³-hybridized carbons (Fsp3) is 0.400. The summed E-state index contributed by atoms with van der Waals surface area (Å²) in [7, 11) is 1.55. The highest BCUT2D eigenvalue weighted by Crippen LogP contribution is 2.30. The van der Waals surface area contributed by atoms with E-state index < -0.39 is 6.09 Å². The third-order valence-corrected chi connectivity index (χ3v) is 5.44. The number of pyridine rings is 2. The van der Waals surface area contributed by atoms with E-state index in [-0.39, 0.29) is 17.9 Å². The second-order valence-electron chi connectivity index (χ2n) is 6.81. The van der Waals surface area contributed by atoms with Crippen LogP contribution in [0, 0.1) is 5.92 Å². The van der Waals surface area contributed by atoms with Crippen molar-refractivity contribution in [2.24, 2.45) is 5.92 Å². The molecule has 7 nitrogen and oxygen atoms in total. The van der Waals surface area contributed by atoms with E-state index in [1.807, 2.05) is 24.3 Å². The maximum Gasteiger partial charge on any atom is 0.407 e. The van der Waals surface area contributed by atoms with Crippen LogP contribution in [0.3, 0.4) is 0 Å². The summed E-state index contributed by atoms with van der Waals surface area (Å²) < 4.78 is 6.10. The fourth-order valence-corrected chi connectivity index (χ4v) is 3.77. The molecule has 3 rings (SSSR count). The zero-order chi connectivity index (χ0) is 19.9. The lowest BCUT2D eigenvalue weighted by atomic mass is 9.85. The van der Waals surface area contributed by atoms with E-state index in [2.05, 4.69) is 36.5 Å². The van der Waals surface area contributed by atoms with Gasteiger partial charge in [-0.1, -0.05) is 6.07 Å². The van der Waals surface area contributed by atoms with E-state index in [9.17, 15) is 9.59 Å². The van der Waals surface area contributed by atoms with E-state index in [4.69, 9.17) is 4.74 Å². The molecule has 2 amide bonds. The molecule has 1 saturated carbocycles.